The van der Waals surface area contributed by atoms with Crippen LogP contribution in [0, 0.1) is 0 Å². The molecule has 0 spiro atoms. The van der Waals surface area contributed by atoms with Crippen LogP contribution in [0.2, 0.25) is 0 Å². The predicted octanol–water partition coefficient (Wildman–Crippen LogP) is -1.21. The minimum Gasteiger partial charge on any atom is -0.389 e. The molecule has 0 unspecified atom stereocenters. The number of carbonyl (C=O) groups excluding carboxylic acids is 1. The van der Waals surface area contributed by atoms with E-state index >= 15 is 0 Å². The first-order chi connectivity index (χ1) is 8.99. The van der Waals surface area contributed by atoms with Crippen LogP contribution in [-0.4, -0.2) is 91.7 Å². The number of likely N-dealkylation sites (N-methyl/N-ethyl adjacent to an activating group) is 1. The van der Waals surface area contributed by atoms with Crippen LogP contribution in [0.15, 0.2) is 0 Å². The van der Waals surface area contributed by atoms with Gasteiger partial charge in [-0.1, -0.05) is 0 Å². The number of piperazine rings is 1. The molecule has 1 fully saturated rings. The van der Waals surface area contributed by atoms with Crippen molar-refractivity contribution >= 4 is 15.9 Å². The zero-order chi connectivity index (χ0) is 15.6. The summed E-state index contributed by atoms with van der Waals surface area (Å²) in [4.78, 5) is 15.8. The highest BCUT2D eigenvalue weighted by Crippen LogP contribution is 2.09. The Morgan fingerprint density at radius 3 is 2.15 bits per heavy atom. The fourth-order valence-electron chi connectivity index (χ4n) is 2.11. The molecule has 0 aromatic heterocycles. The highest BCUT2D eigenvalue weighted by Gasteiger charge is 2.26. The smallest absolute Gasteiger partial charge is 0.237 e. The minimum absolute atomic E-state index is 0.121. The van der Waals surface area contributed by atoms with Crippen LogP contribution < -0.4 is 0 Å². The first kappa shape index (κ1) is 17.4. The van der Waals surface area contributed by atoms with Crippen LogP contribution in [0.3, 0.4) is 0 Å². The van der Waals surface area contributed by atoms with Crippen molar-refractivity contribution in [3.8, 4) is 0 Å². The molecule has 1 saturated heterocycles. The van der Waals surface area contributed by atoms with E-state index in [9.17, 15) is 18.3 Å². The summed E-state index contributed by atoms with van der Waals surface area (Å²) in [6.45, 7) is 6.47. The predicted molar refractivity (Wildman–Crippen MR) is 76.8 cm³/mol. The lowest BCUT2D eigenvalue weighted by molar-refractivity contribution is -0.133. The van der Waals surface area contributed by atoms with E-state index in [4.69, 9.17) is 0 Å². The zero-order valence-corrected chi connectivity index (χ0v) is 13.5. The second-order valence-electron chi connectivity index (χ2n) is 5.99. The molecule has 1 amide bonds. The zero-order valence-electron chi connectivity index (χ0n) is 12.7. The van der Waals surface area contributed by atoms with Gasteiger partial charge in [0.05, 0.1) is 18.4 Å². The average Bonchev–Trinajstić information content (AvgIpc) is 2.26. The summed E-state index contributed by atoms with van der Waals surface area (Å²) < 4.78 is 23.6. The number of rotatable bonds is 5. The van der Waals surface area contributed by atoms with Gasteiger partial charge in [0.2, 0.25) is 15.9 Å². The van der Waals surface area contributed by atoms with E-state index in [0.717, 1.165) is 10.6 Å². The number of carbonyl (C=O) groups is 1. The van der Waals surface area contributed by atoms with Gasteiger partial charge in [0, 0.05) is 39.8 Å². The molecule has 7 nitrogen and oxygen atoms in total. The number of hydrogen-bond donors (Lipinski definition) is 1. The molecule has 0 atom stereocenters. The van der Waals surface area contributed by atoms with Crippen molar-refractivity contribution in [1.82, 2.24) is 14.1 Å². The molecule has 8 heteroatoms. The lowest BCUT2D eigenvalue weighted by Crippen LogP contribution is -2.53. The van der Waals surface area contributed by atoms with Crippen molar-refractivity contribution in [2.75, 3.05) is 52.6 Å². The first-order valence-corrected chi connectivity index (χ1v) is 8.48. The summed E-state index contributed by atoms with van der Waals surface area (Å²) in [5.74, 6) is -0.180. The molecule has 1 aliphatic rings. The summed E-state index contributed by atoms with van der Waals surface area (Å²) in [6.07, 6.45) is 1.08. The number of β-amino-alcohol motifs (C(OH)–C–C–N with tert-alkyl or cyclic N) is 1. The Morgan fingerprint density at radius 2 is 1.75 bits per heavy atom. The van der Waals surface area contributed by atoms with E-state index in [-0.39, 0.29) is 12.5 Å². The maximum Gasteiger partial charge on any atom is 0.237 e. The van der Waals surface area contributed by atoms with Gasteiger partial charge in [0.1, 0.15) is 0 Å². The van der Waals surface area contributed by atoms with Gasteiger partial charge in [0.25, 0.3) is 0 Å². The van der Waals surface area contributed by atoms with Crippen molar-refractivity contribution in [2.24, 2.45) is 0 Å². The number of nitrogens with zero attached hydrogens (tertiary/aromatic N) is 3. The van der Waals surface area contributed by atoms with E-state index in [2.05, 4.69) is 4.90 Å². The van der Waals surface area contributed by atoms with Gasteiger partial charge in [0.15, 0.2) is 0 Å². The van der Waals surface area contributed by atoms with E-state index < -0.39 is 15.6 Å². The van der Waals surface area contributed by atoms with Gasteiger partial charge in [-0.05, 0) is 13.8 Å². The van der Waals surface area contributed by atoms with Crippen LogP contribution in [-0.2, 0) is 14.8 Å². The molecule has 0 radical (unpaired) electrons. The lowest BCUT2D eigenvalue weighted by atomic mass is 10.1. The largest absolute Gasteiger partial charge is 0.389 e. The molecule has 1 N–H and O–H groups in total. The summed E-state index contributed by atoms with van der Waals surface area (Å²) in [7, 11) is -1.93. The molecule has 20 heavy (non-hydrogen) atoms. The third-order valence-electron chi connectivity index (χ3n) is 3.26. The maximum atomic E-state index is 12.0. The Balaban J connectivity index is 2.44. The molecule has 0 bridgehead atoms. The highest BCUT2D eigenvalue weighted by molar-refractivity contribution is 7.88. The summed E-state index contributed by atoms with van der Waals surface area (Å²) in [5.41, 5.74) is -0.747. The fourth-order valence-corrected chi connectivity index (χ4v) is 2.46. The number of amides is 1. The van der Waals surface area contributed by atoms with Crippen LogP contribution in [0.1, 0.15) is 13.8 Å². The Morgan fingerprint density at radius 1 is 1.25 bits per heavy atom. The molecule has 1 rings (SSSR count). The van der Waals surface area contributed by atoms with Crippen molar-refractivity contribution in [3.63, 3.8) is 0 Å². The Kier molecular flexibility index (Phi) is 5.54. The maximum absolute atomic E-state index is 12.0. The molecule has 0 aromatic rings. The molecule has 0 aromatic carbocycles. The van der Waals surface area contributed by atoms with E-state index in [1.54, 1.807) is 18.7 Å². The Hall–Kier alpha value is -0.700. The third kappa shape index (κ3) is 5.74. The summed E-state index contributed by atoms with van der Waals surface area (Å²) in [6, 6.07) is 0. The van der Waals surface area contributed by atoms with E-state index in [0.29, 0.717) is 32.7 Å². The van der Waals surface area contributed by atoms with Crippen LogP contribution in [0.4, 0.5) is 0 Å². The minimum atomic E-state index is -3.33. The summed E-state index contributed by atoms with van der Waals surface area (Å²) in [5, 5.41) is 9.76. The number of hydrogen-bond acceptors (Lipinski definition) is 5. The quantitative estimate of drug-likeness (QED) is 0.689. The second kappa shape index (κ2) is 6.38. The van der Waals surface area contributed by atoms with Crippen molar-refractivity contribution < 1.29 is 18.3 Å². The third-order valence-corrected chi connectivity index (χ3v) is 4.52. The van der Waals surface area contributed by atoms with Gasteiger partial charge < -0.3 is 10.0 Å². The van der Waals surface area contributed by atoms with Gasteiger partial charge in [-0.15, -0.1) is 0 Å². The topological polar surface area (TPSA) is 81.2 Å². The average molecular weight is 307 g/mol. The van der Waals surface area contributed by atoms with E-state index in [1.165, 1.54) is 7.05 Å². The SMILES string of the molecule is CN(CC(=O)N1CCN(CC(C)(C)O)CC1)S(C)(=O)=O. The second-order valence-corrected chi connectivity index (χ2v) is 8.08. The molecule has 1 aliphatic heterocycles. The first-order valence-electron chi connectivity index (χ1n) is 6.63. The standard InChI is InChI=1S/C12H25N3O4S/c1-12(2,17)10-14-5-7-15(8-6-14)11(16)9-13(3)20(4,18)19/h17H,5-10H2,1-4H3. The van der Waals surface area contributed by atoms with Gasteiger partial charge in [-0.25, -0.2) is 8.42 Å². The Labute approximate surface area is 121 Å². The van der Waals surface area contributed by atoms with Gasteiger partial charge in [-0.3, -0.25) is 9.69 Å². The van der Waals surface area contributed by atoms with Crippen LogP contribution in [0.5, 0.6) is 0 Å². The van der Waals surface area contributed by atoms with Crippen LogP contribution in [0.25, 0.3) is 0 Å². The molecule has 1 heterocycles. The van der Waals surface area contributed by atoms with Crippen molar-refractivity contribution in [1.29, 1.82) is 0 Å². The molecule has 118 valence electrons. The number of sulfonamides is 1. The normalized spacial score (nSPS) is 18.6. The van der Waals surface area contributed by atoms with Crippen LogP contribution >= 0.6 is 0 Å². The van der Waals surface area contributed by atoms with Crippen molar-refractivity contribution in [2.45, 2.75) is 19.4 Å². The molecule has 0 aliphatic carbocycles. The van der Waals surface area contributed by atoms with Gasteiger partial charge in [-0.2, -0.15) is 4.31 Å². The monoisotopic (exact) mass is 307 g/mol. The van der Waals surface area contributed by atoms with Crippen molar-refractivity contribution in [3.05, 3.63) is 0 Å². The molecule has 0 saturated carbocycles. The summed E-state index contributed by atoms with van der Waals surface area (Å²) >= 11 is 0. The van der Waals surface area contributed by atoms with E-state index in [1.807, 2.05) is 0 Å². The molecular weight excluding hydrogens is 282 g/mol. The highest BCUT2D eigenvalue weighted by atomic mass is 32.2. The number of aliphatic hydroxyl groups is 1. The van der Waals surface area contributed by atoms with Gasteiger partial charge >= 0.3 is 0 Å². The molecular formula is C12H25N3O4S. The fraction of sp³-hybridized carbons (Fsp3) is 0.917. The lowest BCUT2D eigenvalue weighted by Gasteiger charge is -2.37. The Bertz CT molecular complexity index is 436.